The number of pyridine rings is 1. The highest BCUT2D eigenvalue weighted by Crippen LogP contribution is 2.39. The summed E-state index contributed by atoms with van der Waals surface area (Å²) in [7, 11) is 0. The summed E-state index contributed by atoms with van der Waals surface area (Å²) in [5.74, 6) is 0.872. The third-order valence-corrected chi connectivity index (χ3v) is 8.24. The molecule has 3 aromatic rings. The van der Waals surface area contributed by atoms with Crippen LogP contribution in [0.5, 0.6) is 0 Å². The molecule has 0 aliphatic heterocycles. The SMILES string of the molecule is CC1CCC(Sc2cc(C(C)(C)C)ccc2CNC(=S)Nc2cccc3cnccc23)CC1. The molecule has 2 aromatic carbocycles. The van der Waals surface area contributed by atoms with Gasteiger partial charge in [-0.15, -0.1) is 11.8 Å². The quantitative estimate of drug-likeness (QED) is 0.368. The summed E-state index contributed by atoms with van der Waals surface area (Å²) < 4.78 is 0. The van der Waals surface area contributed by atoms with Crippen LogP contribution in [0.1, 0.15) is 64.5 Å². The van der Waals surface area contributed by atoms with Gasteiger partial charge in [0.1, 0.15) is 0 Å². The zero-order valence-corrected chi connectivity index (χ0v) is 21.8. The first-order valence-electron chi connectivity index (χ1n) is 12.0. The number of nitrogens with zero attached hydrogens (tertiary/aromatic N) is 1. The van der Waals surface area contributed by atoms with Crippen LogP contribution in [0.4, 0.5) is 5.69 Å². The number of hydrogen-bond donors (Lipinski definition) is 2. The highest BCUT2D eigenvalue weighted by molar-refractivity contribution is 8.00. The van der Waals surface area contributed by atoms with Crippen molar-refractivity contribution in [3.63, 3.8) is 0 Å². The van der Waals surface area contributed by atoms with Crippen LogP contribution in [0.25, 0.3) is 10.8 Å². The van der Waals surface area contributed by atoms with Gasteiger partial charge >= 0.3 is 0 Å². The Morgan fingerprint density at radius 2 is 1.88 bits per heavy atom. The Hall–Kier alpha value is -2.11. The van der Waals surface area contributed by atoms with Gasteiger partial charge in [0, 0.05) is 45.5 Å². The Morgan fingerprint density at radius 3 is 2.64 bits per heavy atom. The summed E-state index contributed by atoms with van der Waals surface area (Å²) in [6.07, 6.45) is 9.01. The first-order chi connectivity index (χ1) is 15.8. The van der Waals surface area contributed by atoms with Crippen molar-refractivity contribution in [3.8, 4) is 0 Å². The Morgan fingerprint density at radius 1 is 1.09 bits per heavy atom. The van der Waals surface area contributed by atoms with Crippen molar-refractivity contribution >= 4 is 45.6 Å². The van der Waals surface area contributed by atoms with Crippen molar-refractivity contribution in [2.75, 3.05) is 5.32 Å². The van der Waals surface area contributed by atoms with Crippen molar-refractivity contribution < 1.29 is 0 Å². The fourth-order valence-corrected chi connectivity index (χ4v) is 5.91. The maximum absolute atomic E-state index is 5.66. The highest BCUT2D eigenvalue weighted by atomic mass is 32.2. The summed E-state index contributed by atoms with van der Waals surface area (Å²) in [6, 6.07) is 15.1. The van der Waals surface area contributed by atoms with Gasteiger partial charge in [0.15, 0.2) is 5.11 Å². The minimum atomic E-state index is 0.141. The van der Waals surface area contributed by atoms with Crippen LogP contribution in [-0.4, -0.2) is 15.3 Å². The molecule has 174 valence electrons. The zero-order valence-electron chi connectivity index (χ0n) is 20.2. The molecule has 0 unspecified atom stereocenters. The Bertz CT molecular complexity index is 1110. The van der Waals surface area contributed by atoms with Gasteiger partial charge in [0.2, 0.25) is 0 Å². The smallest absolute Gasteiger partial charge is 0.171 e. The molecule has 0 bridgehead atoms. The van der Waals surface area contributed by atoms with Crippen molar-refractivity contribution in [2.45, 2.75) is 75.5 Å². The molecule has 0 atom stereocenters. The van der Waals surface area contributed by atoms with E-state index in [4.69, 9.17) is 12.2 Å². The molecule has 1 saturated carbocycles. The van der Waals surface area contributed by atoms with Crippen LogP contribution in [0.2, 0.25) is 0 Å². The summed E-state index contributed by atoms with van der Waals surface area (Å²) in [5.41, 5.74) is 3.85. The van der Waals surface area contributed by atoms with E-state index in [1.165, 1.54) is 41.7 Å². The predicted molar refractivity (Wildman–Crippen MR) is 147 cm³/mol. The lowest BCUT2D eigenvalue weighted by Gasteiger charge is -2.27. The average Bonchev–Trinajstić information content (AvgIpc) is 2.79. The second-order valence-corrected chi connectivity index (χ2v) is 12.0. The van der Waals surface area contributed by atoms with Crippen molar-refractivity contribution in [2.24, 2.45) is 5.92 Å². The van der Waals surface area contributed by atoms with E-state index < -0.39 is 0 Å². The second kappa shape index (κ2) is 10.4. The van der Waals surface area contributed by atoms with Gasteiger partial charge in [-0.2, -0.15) is 0 Å². The van der Waals surface area contributed by atoms with Crippen molar-refractivity contribution in [3.05, 3.63) is 66.0 Å². The van der Waals surface area contributed by atoms with Gasteiger partial charge in [-0.3, -0.25) is 4.98 Å². The number of thiocarbonyl (C=S) groups is 1. The summed E-state index contributed by atoms with van der Waals surface area (Å²) in [5, 5.41) is 10.4. The number of benzene rings is 2. The summed E-state index contributed by atoms with van der Waals surface area (Å²) >= 11 is 7.73. The number of thioether (sulfide) groups is 1. The zero-order chi connectivity index (χ0) is 23.4. The van der Waals surface area contributed by atoms with Crippen LogP contribution < -0.4 is 10.6 Å². The molecule has 0 amide bonds. The predicted octanol–water partition coefficient (Wildman–Crippen LogP) is 7.69. The summed E-state index contributed by atoms with van der Waals surface area (Å²) in [6.45, 7) is 9.96. The van der Waals surface area contributed by atoms with Gasteiger partial charge < -0.3 is 10.6 Å². The van der Waals surface area contributed by atoms with E-state index in [1.807, 2.05) is 24.5 Å². The van der Waals surface area contributed by atoms with E-state index in [1.54, 1.807) is 0 Å². The van der Waals surface area contributed by atoms with Crippen LogP contribution in [0.15, 0.2) is 59.8 Å². The number of nitrogens with one attached hydrogen (secondary N) is 2. The first-order valence-corrected chi connectivity index (χ1v) is 13.3. The van der Waals surface area contributed by atoms with Crippen molar-refractivity contribution in [1.82, 2.24) is 10.3 Å². The van der Waals surface area contributed by atoms with Crippen LogP contribution in [0, 0.1) is 5.92 Å². The monoisotopic (exact) mass is 477 g/mol. The van der Waals surface area contributed by atoms with Crippen molar-refractivity contribution in [1.29, 1.82) is 0 Å². The van der Waals surface area contributed by atoms with Crippen LogP contribution in [-0.2, 0) is 12.0 Å². The molecular weight excluding hydrogens is 442 g/mol. The van der Waals surface area contributed by atoms with E-state index in [0.29, 0.717) is 16.9 Å². The average molecular weight is 478 g/mol. The molecule has 1 heterocycles. The maximum Gasteiger partial charge on any atom is 0.171 e. The van der Waals surface area contributed by atoms with E-state index in [2.05, 4.69) is 85.4 Å². The largest absolute Gasteiger partial charge is 0.358 e. The third kappa shape index (κ3) is 6.27. The minimum absolute atomic E-state index is 0.141. The van der Waals surface area contributed by atoms with E-state index >= 15 is 0 Å². The van der Waals surface area contributed by atoms with E-state index in [-0.39, 0.29) is 5.41 Å². The lowest BCUT2D eigenvalue weighted by molar-refractivity contribution is 0.393. The Labute approximate surface area is 208 Å². The molecule has 1 aliphatic rings. The highest BCUT2D eigenvalue weighted by Gasteiger charge is 2.22. The number of anilines is 1. The van der Waals surface area contributed by atoms with E-state index in [0.717, 1.165) is 22.4 Å². The molecule has 5 heteroatoms. The molecular formula is C28H35N3S2. The Kier molecular flexibility index (Phi) is 7.60. The van der Waals surface area contributed by atoms with Gasteiger partial charge in [0.05, 0.1) is 0 Å². The number of aromatic nitrogens is 1. The fourth-order valence-electron chi connectivity index (χ4n) is 4.38. The molecule has 0 spiro atoms. The second-order valence-electron chi connectivity index (χ2n) is 10.3. The number of fused-ring (bicyclic) bond motifs is 1. The molecule has 3 nitrogen and oxygen atoms in total. The van der Waals surface area contributed by atoms with Crippen LogP contribution >= 0.6 is 24.0 Å². The van der Waals surface area contributed by atoms with E-state index in [9.17, 15) is 0 Å². The van der Waals surface area contributed by atoms with Gasteiger partial charge in [0.25, 0.3) is 0 Å². The fraction of sp³-hybridized carbons (Fsp3) is 0.429. The normalized spacial score (nSPS) is 18.8. The number of hydrogen-bond acceptors (Lipinski definition) is 3. The van der Waals surface area contributed by atoms with Gasteiger partial charge in [-0.25, -0.2) is 0 Å². The summed E-state index contributed by atoms with van der Waals surface area (Å²) in [4.78, 5) is 5.61. The lowest BCUT2D eigenvalue weighted by Crippen LogP contribution is -2.28. The van der Waals surface area contributed by atoms with Crippen LogP contribution in [0.3, 0.4) is 0 Å². The minimum Gasteiger partial charge on any atom is -0.358 e. The third-order valence-electron chi connectivity index (χ3n) is 6.56. The molecule has 1 aliphatic carbocycles. The number of rotatable bonds is 5. The molecule has 2 N–H and O–H groups in total. The lowest BCUT2D eigenvalue weighted by atomic mass is 9.86. The molecule has 0 saturated heterocycles. The standard InChI is InChI=1S/C28H35N3S2/c1-19-8-12-23(13-9-19)33-26-16-22(28(2,3)4)11-10-21(26)18-30-27(32)31-25-7-5-6-20-17-29-15-14-24(20)25/h5-7,10-11,14-17,19,23H,8-9,12-13,18H2,1-4H3,(H2,30,31,32). The van der Waals surface area contributed by atoms with Gasteiger partial charge in [-0.05, 0) is 78.6 Å². The molecule has 33 heavy (non-hydrogen) atoms. The molecule has 0 radical (unpaired) electrons. The Balaban J connectivity index is 1.47. The maximum atomic E-state index is 5.66. The molecule has 1 fully saturated rings. The molecule has 4 rings (SSSR count). The topological polar surface area (TPSA) is 37.0 Å². The first kappa shape index (κ1) is 24.0. The van der Waals surface area contributed by atoms with Gasteiger partial charge in [-0.1, -0.05) is 52.0 Å². The molecule has 1 aromatic heterocycles.